The van der Waals surface area contributed by atoms with Crippen molar-refractivity contribution < 1.29 is 23.1 Å². The van der Waals surface area contributed by atoms with Crippen molar-refractivity contribution in [2.75, 3.05) is 13.1 Å². The van der Waals surface area contributed by atoms with Crippen molar-refractivity contribution in [1.29, 1.82) is 0 Å². The smallest absolute Gasteiger partial charge is 0.407 e. The predicted octanol–water partition coefficient (Wildman–Crippen LogP) is 7.31. The lowest BCUT2D eigenvalue weighted by Crippen LogP contribution is -2.33. The zero-order valence-corrected chi connectivity index (χ0v) is 24.0. The van der Waals surface area contributed by atoms with Crippen molar-refractivity contribution in [3.05, 3.63) is 95.7 Å². The minimum absolute atomic E-state index is 0.194. The number of rotatable bonds is 10. The van der Waals surface area contributed by atoms with E-state index < -0.39 is 11.7 Å². The van der Waals surface area contributed by atoms with Crippen molar-refractivity contribution in [1.82, 2.24) is 15.2 Å². The minimum atomic E-state index is -0.538. The summed E-state index contributed by atoms with van der Waals surface area (Å²) in [5.74, 6) is -0.635. The third kappa shape index (κ3) is 8.39. The summed E-state index contributed by atoms with van der Waals surface area (Å²) in [6.45, 7) is 8.87. The van der Waals surface area contributed by atoms with Crippen LogP contribution in [0, 0.1) is 17.6 Å². The zero-order chi connectivity index (χ0) is 29.6. The van der Waals surface area contributed by atoms with Gasteiger partial charge in [0.2, 0.25) is 0 Å². The fourth-order valence-corrected chi connectivity index (χ4v) is 4.62. The molecule has 1 heterocycles. The Kier molecular flexibility index (Phi) is 9.42. The number of halogens is 2. The molecule has 0 saturated carbocycles. The topological polar surface area (TPSA) is 72.4 Å². The van der Waals surface area contributed by atoms with Crippen molar-refractivity contribution in [2.45, 2.75) is 52.7 Å². The van der Waals surface area contributed by atoms with Gasteiger partial charge in [-0.3, -0.25) is 4.79 Å². The first-order chi connectivity index (χ1) is 19.5. The monoisotopic (exact) mass is 561 g/mol. The summed E-state index contributed by atoms with van der Waals surface area (Å²) >= 11 is 0. The Morgan fingerprint density at radius 2 is 1.51 bits per heavy atom. The fraction of sp³-hybridized carbons (Fsp3) is 0.333. The number of aromatic nitrogens is 1. The van der Waals surface area contributed by atoms with E-state index in [2.05, 4.69) is 17.6 Å². The van der Waals surface area contributed by atoms with Crippen LogP contribution in [0.25, 0.3) is 22.0 Å². The lowest BCUT2D eigenvalue weighted by molar-refractivity contribution is 0.0526. The largest absolute Gasteiger partial charge is 0.444 e. The molecule has 6 nitrogen and oxygen atoms in total. The SMILES string of the molecule is C[C@@H](CCCNC(=O)OC(C)(C)C)CNC(=O)c1cc2ccc(-c3ccc(F)cc3)cc2n1Cc1ccc(F)cc1. The first-order valence-electron chi connectivity index (χ1n) is 13.9. The van der Waals surface area contributed by atoms with Crippen LogP contribution >= 0.6 is 0 Å². The van der Waals surface area contributed by atoms with Crippen molar-refractivity contribution >= 4 is 22.9 Å². The number of fused-ring (bicyclic) bond motifs is 1. The van der Waals surface area contributed by atoms with E-state index in [1.165, 1.54) is 24.3 Å². The lowest BCUT2D eigenvalue weighted by Gasteiger charge is -2.20. The molecule has 3 aromatic carbocycles. The average molecular weight is 562 g/mol. The number of nitrogens with zero attached hydrogens (tertiary/aromatic N) is 1. The molecule has 0 fully saturated rings. The van der Waals surface area contributed by atoms with Gasteiger partial charge in [-0.25, -0.2) is 13.6 Å². The summed E-state index contributed by atoms with van der Waals surface area (Å²) in [6.07, 6.45) is 1.14. The highest BCUT2D eigenvalue weighted by molar-refractivity contribution is 5.99. The van der Waals surface area contributed by atoms with Crippen LogP contribution in [0.4, 0.5) is 13.6 Å². The van der Waals surface area contributed by atoms with Gasteiger partial charge >= 0.3 is 6.09 Å². The van der Waals surface area contributed by atoms with Gasteiger partial charge in [-0.05, 0) is 92.6 Å². The average Bonchev–Trinajstić information content (AvgIpc) is 3.28. The molecule has 0 radical (unpaired) electrons. The molecular weight excluding hydrogens is 524 g/mol. The number of alkyl carbamates (subject to hydrolysis) is 1. The van der Waals surface area contributed by atoms with Crippen molar-refractivity contribution in [2.24, 2.45) is 5.92 Å². The lowest BCUT2D eigenvalue weighted by atomic mass is 10.0. The molecule has 0 unspecified atom stereocenters. The number of carbonyl (C=O) groups is 2. The summed E-state index contributed by atoms with van der Waals surface area (Å²) < 4.78 is 34.2. The molecular formula is C33H37F2N3O3. The Morgan fingerprint density at radius 1 is 0.878 bits per heavy atom. The fourth-order valence-electron chi connectivity index (χ4n) is 4.62. The van der Waals surface area contributed by atoms with E-state index in [1.807, 2.05) is 49.6 Å². The highest BCUT2D eigenvalue weighted by Crippen LogP contribution is 2.28. The standard InChI is InChI=1S/C33H37F2N3O3/c1-22(6-5-17-36-32(40)41-33(2,3)4)20-37-31(39)30-19-26-10-9-25(24-11-15-28(35)16-12-24)18-29(26)38(30)21-23-7-13-27(34)14-8-23/h7-16,18-19,22H,5-6,17,20-21H2,1-4H3,(H,36,40)(H,37,39)/t22-/m0/s1. The van der Waals surface area contributed by atoms with E-state index >= 15 is 0 Å². The first-order valence-corrected chi connectivity index (χ1v) is 13.9. The van der Waals surface area contributed by atoms with Gasteiger partial charge in [0, 0.05) is 30.5 Å². The van der Waals surface area contributed by atoms with E-state index in [9.17, 15) is 18.4 Å². The second-order valence-electron chi connectivity index (χ2n) is 11.4. The second kappa shape index (κ2) is 13.0. The second-order valence-corrected chi connectivity index (χ2v) is 11.4. The van der Waals surface area contributed by atoms with Gasteiger partial charge in [0.05, 0.1) is 0 Å². The Labute approximate surface area is 239 Å². The maximum Gasteiger partial charge on any atom is 0.407 e. The van der Waals surface area contributed by atoms with E-state index in [-0.39, 0.29) is 23.5 Å². The number of hydrogen-bond acceptors (Lipinski definition) is 3. The molecule has 0 spiro atoms. The third-order valence-electron chi connectivity index (χ3n) is 6.72. The molecule has 2 N–H and O–H groups in total. The van der Waals surface area contributed by atoms with Crippen LogP contribution in [0.1, 0.15) is 56.6 Å². The number of ether oxygens (including phenoxy) is 1. The van der Waals surface area contributed by atoms with Crippen molar-refractivity contribution in [3.8, 4) is 11.1 Å². The van der Waals surface area contributed by atoms with E-state index in [1.54, 1.807) is 24.3 Å². The molecule has 0 aliphatic heterocycles. The summed E-state index contributed by atoms with van der Waals surface area (Å²) in [5.41, 5.74) is 3.43. The quantitative estimate of drug-likeness (QED) is 0.200. The Hall–Kier alpha value is -4.20. The number of hydrogen-bond donors (Lipinski definition) is 2. The Balaban J connectivity index is 1.47. The van der Waals surface area contributed by atoms with Crippen LogP contribution in [0.5, 0.6) is 0 Å². The van der Waals surface area contributed by atoms with Crippen LogP contribution in [0.15, 0.2) is 72.8 Å². The molecule has 4 aromatic rings. The van der Waals surface area contributed by atoms with Crippen LogP contribution in [-0.4, -0.2) is 35.3 Å². The minimum Gasteiger partial charge on any atom is -0.444 e. The van der Waals surface area contributed by atoms with Crippen LogP contribution in [0.2, 0.25) is 0 Å². The van der Waals surface area contributed by atoms with Gasteiger partial charge < -0.3 is 19.9 Å². The van der Waals surface area contributed by atoms with Gasteiger partial charge in [0.15, 0.2) is 0 Å². The Morgan fingerprint density at radius 3 is 2.17 bits per heavy atom. The van der Waals surface area contributed by atoms with Crippen LogP contribution in [0.3, 0.4) is 0 Å². The van der Waals surface area contributed by atoms with Gasteiger partial charge in [-0.2, -0.15) is 0 Å². The molecule has 0 aliphatic rings. The predicted molar refractivity (Wildman–Crippen MR) is 158 cm³/mol. The molecule has 1 aromatic heterocycles. The maximum atomic E-state index is 13.6. The third-order valence-corrected chi connectivity index (χ3v) is 6.72. The van der Waals surface area contributed by atoms with Crippen LogP contribution < -0.4 is 10.6 Å². The van der Waals surface area contributed by atoms with Gasteiger partial charge in [-0.1, -0.05) is 43.3 Å². The normalized spacial score (nSPS) is 12.2. The molecule has 0 bridgehead atoms. The maximum absolute atomic E-state index is 13.6. The molecule has 4 rings (SSSR count). The molecule has 41 heavy (non-hydrogen) atoms. The molecule has 1 atom stereocenters. The number of amides is 2. The summed E-state index contributed by atoms with van der Waals surface area (Å²) in [6, 6.07) is 20.3. The summed E-state index contributed by atoms with van der Waals surface area (Å²) in [7, 11) is 0. The molecule has 216 valence electrons. The van der Waals surface area contributed by atoms with Gasteiger partial charge in [-0.15, -0.1) is 0 Å². The number of benzene rings is 3. The van der Waals surface area contributed by atoms with Crippen LogP contribution in [-0.2, 0) is 11.3 Å². The highest BCUT2D eigenvalue weighted by atomic mass is 19.1. The summed E-state index contributed by atoms with van der Waals surface area (Å²) in [4.78, 5) is 25.2. The molecule has 8 heteroatoms. The van der Waals surface area contributed by atoms with E-state index in [0.29, 0.717) is 25.3 Å². The first kappa shape index (κ1) is 29.8. The summed E-state index contributed by atoms with van der Waals surface area (Å²) in [5, 5.41) is 6.71. The van der Waals surface area contributed by atoms with E-state index in [4.69, 9.17) is 4.74 Å². The van der Waals surface area contributed by atoms with Gasteiger partial charge in [0.25, 0.3) is 5.91 Å². The van der Waals surface area contributed by atoms with Crippen molar-refractivity contribution in [3.63, 3.8) is 0 Å². The molecule has 2 amide bonds. The number of nitrogens with one attached hydrogen (secondary N) is 2. The molecule has 0 aliphatic carbocycles. The molecule has 0 saturated heterocycles. The highest BCUT2D eigenvalue weighted by Gasteiger charge is 2.18. The van der Waals surface area contributed by atoms with E-state index in [0.717, 1.165) is 40.4 Å². The Bertz CT molecular complexity index is 1490. The zero-order valence-electron chi connectivity index (χ0n) is 24.0. The number of carbonyl (C=O) groups excluding carboxylic acids is 2. The van der Waals surface area contributed by atoms with Gasteiger partial charge in [0.1, 0.15) is 22.9 Å².